The molecular formula is C26H19ClNP. The lowest BCUT2D eigenvalue weighted by Gasteiger charge is -2.25. The fourth-order valence-electron chi connectivity index (χ4n) is 3.28. The van der Waals surface area contributed by atoms with Crippen LogP contribution in [0.5, 0.6) is 0 Å². The fourth-order valence-corrected chi connectivity index (χ4v) is 6.74. The molecule has 29 heavy (non-hydrogen) atoms. The quantitative estimate of drug-likeness (QED) is 0.306. The third kappa shape index (κ3) is 4.20. The molecule has 0 amide bonds. The summed E-state index contributed by atoms with van der Waals surface area (Å²) in [5.74, 6) is 3.14. The maximum absolute atomic E-state index is 5.99. The first-order valence-electron chi connectivity index (χ1n) is 9.33. The lowest BCUT2D eigenvalue weighted by Crippen LogP contribution is -2.25. The molecule has 4 rings (SSSR count). The van der Waals surface area contributed by atoms with Gasteiger partial charge in [-0.3, -0.25) is 0 Å². The zero-order chi connectivity index (χ0) is 19.9. The topological polar surface area (TPSA) is 12.4 Å². The molecule has 0 N–H and O–H groups in total. The molecule has 0 radical (unpaired) electrons. The second-order valence-corrected chi connectivity index (χ2v) is 10.0. The Morgan fingerprint density at radius 3 is 1.38 bits per heavy atom. The van der Waals surface area contributed by atoms with Gasteiger partial charge >= 0.3 is 0 Å². The first-order valence-corrected chi connectivity index (χ1v) is 11.5. The molecule has 0 aliphatic carbocycles. The predicted octanol–water partition coefficient (Wildman–Crippen LogP) is 5.59. The Morgan fingerprint density at radius 2 is 0.966 bits per heavy atom. The summed E-state index contributed by atoms with van der Waals surface area (Å²) in [6, 6.07) is 39.0. The molecule has 0 heterocycles. The van der Waals surface area contributed by atoms with Crippen LogP contribution in [0.15, 0.2) is 120 Å². The number of hydrogen-bond donors (Lipinski definition) is 0. The van der Waals surface area contributed by atoms with Crippen LogP contribution >= 0.6 is 18.5 Å². The normalized spacial score (nSPS) is 10.7. The molecule has 0 aromatic heterocycles. The molecule has 0 aliphatic heterocycles. The highest BCUT2D eigenvalue weighted by molar-refractivity contribution is 7.94. The summed E-state index contributed by atoms with van der Waals surface area (Å²) in [5.41, 5.74) is 4.41. The Labute approximate surface area is 176 Å². The lowest BCUT2D eigenvalue weighted by atomic mass is 10.3. The van der Waals surface area contributed by atoms with Crippen LogP contribution < -0.4 is 15.9 Å². The van der Waals surface area contributed by atoms with E-state index in [0.717, 1.165) is 5.69 Å². The molecular weight excluding hydrogens is 393 g/mol. The van der Waals surface area contributed by atoms with Crippen LogP contribution in [0.3, 0.4) is 0 Å². The van der Waals surface area contributed by atoms with E-state index in [9.17, 15) is 0 Å². The van der Waals surface area contributed by atoms with E-state index in [1.807, 2.05) is 42.5 Å². The first kappa shape index (κ1) is 19.3. The molecule has 4 aromatic rings. The molecule has 0 saturated carbocycles. The van der Waals surface area contributed by atoms with Gasteiger partial charge in [0, 0.05) is 17.8 Å². The molecule has 0 atom stereocenters. The highest BCUT2D eigenvalue weighted by Gasteiger charge is 2.24. The highest BCUT2D eigenvalue weighted by Crippen LogP contribution is 2.42. The number of aliphatic imine (C=N–C) groups is 1. The van der Waals surface area contributed by atoms with Crippen molar-refractivity contribution in [1.29, 1.82) is 0 Å². The van der Waals surface area contributed by atoms with Crippen molar-refractivity contribution in [3.63, 3.8) is 0 Å². The summed E-state index contributed by atoms with van der Waals surface area (Å²) < 4.78 is 0. The van der Waals surface area contributed by atoms with E-state index in [1.54, 1.807) is 0 Å². The number of rotatable bonds is 4. The average molecular weight is 412 g/mol. The SMILES string of the molecule is Clc1ccc(N=C=C=P(c2ccccc2)(c2ccccc2)c2ccccc2)cc1. The maximum atomic E-state index is 5.99. The Morgan fingerprint density at radius 1 is 0.552 bits per heavy atom. The standard InChI is InChI=1S/C26H19ClNP/c27-22-16-18-23(19-17-22)28-20-21-29(24-10-4-1-5-11-24,25-12-6-2-7-13-25)26-14-8-3-9-15-26/h1-19H. The zero-order valence-electron chi connectivity index (χ0n) is 15.7. The van der Waals surface area contributed by atoms with Crippen LogP contribution in [0.1, 0.15) is 0 Å². The van der Waals surface area contributed by atoms with Gasteiger partial charge in [-0.15, -0.1) is 0 Å². The monoisotopic (exact) mass is 411 g/mol. The van der Waals surface area contributed by atoms with Crippen molar-refractivity contribution in [1.82, 2.24) is 0 Å². The van der Waals surface area contributed by atoms with Crippen molar-refractivity contribution in [3.8, 4) is 0 Å². The van der Waals surface area contributed by atoms with Crippen molar-refractivity contribution in [2.24, 2.45) is 4.99 Å². The Hall–Kier alpha value is -3.04. The van der Waals surface area contributed by atoms with E-state index < -0.39 is 6.89 Å². The van der Waals surface area contributed by atoms with E-state index >= 15 is 0 Å². The molecule has 0 fully saturated rings. The third-order valence-corrected chi connectivity index (χ3v) is 8.57. The van der Waals surface area contributed by atoms with Gasteiger partial charge in [0.1, 0.15) is 0 Å². The van der Waals surface area contributed by atoms with Gasteiger partial charge in [0.25, 0.3) is 0 Å². The summed E-state index contributed by atoms with van der Waals surface area (Å²) in [7, 11) is 0. The van der Waals surface area contributed by atoms with Gasteiger partial charge in [0.15, 0.2) is 0 Å². The summed E-state index contributed by atoms with van der Waals surface area (Å²) in [5, 5.41) is 4.35. The Balaban J connectivity index is 2.08. The number of halogens is 1. The maximum Gasteiger partial charge on any atom is 0.0738 e. The molecule has 4 aromatic carbocycles. The zero-order valence-corrected chi connectivity index (χ0v) is 17.4. The minimum absolute atomic E-state index is 0.691. The molecule has 0 aliphatic rings. The van der Waals surface area contributed by atoms with E-state index in [0.29, 0.717) is 5.02 Å². The van der Waals surface area contributed by atoms with Crippen molar-refractivity contribution in [3.05, 3.63) is 120 Å². The minimum Gasteiger partial charge on any atom is -0.198 e. The van der Waals surface area contributed by atoms with Crippen LogP contribution in [0.2, 0.25) is 5.02 Å². The largest absolute Gasteiger partial charge is 0.198 e. The lowest BCUT2D eigenvalue weighted by molar-refractivity contribution is 1.55. The molecule has 3 heteroatoms. The third-order valence-electron chi connectivity index (χ3n) is 4.66. The predicted molar refractivity (Wildman–Crippen MR) is 129 cm³/mol. The van der Waals surface area contributed by atoms with Gasteiger partial charge in [0.2, 0.25) is 0 Å². The van der Waals surface area contributed by atoms with Gasteiger partial charge in [-0.05, 0) is 45.6 Å². The Kier molecular flexibility index (Phi) is 5.97. The van der Waals surface area contributed by atoms with E-state index in [-0.39, 0.29) is 0 Å². The second kappa shape index (κ2) is 8.97. The molecule has 0 saturated heterocycles. The van der Waals surface area contributed by atoms with Crippen LogP contribution in [-0.4, -0.2) is 11.3 Å². The molecule has 140 valence electrons. The van der Waals surface area contributed by atoms with Gasteiger partial charge in [-0.1, -0.05) is 103 Å². The first-order chi connectivity index (χ1) is 14.3. The average Bonchev–Trinajstić information content (AvgIpc) is 2.80. The van der Waals surface area contributed by atoms with Crippen molar-refractivity contribution in [2.45, 2.75) is 0 Å². The van der Waals surface area contributed by atoms with E-state index in [2.05, 4.69) is 89.1 Å². The van der Waals surface area contributed by atoms with Crippen molar-refractivity contribution >= 4 is 51.4 Å². The van der Waals surface area contributed by atoms with Crippen molar-refractivity contribution in [2.75, 3.05) is 0 Å². The van der Waals surface area contributed by atoms with Crippen LogP contribution in [-0.2, 0) is 0 Å². The number of benzene rings is 4. The van der Waals surface area contributed by atoms with Gasteiger partial charge in [-0.2, -0.15) is 4.99 Å². The number of nitrogens with zero attached hydrogens (tertiary/aromatic N) is 1. The van der Waals surface area contributed by atoms with Gasteiger partial charge in [-0.25, -0.2) is 0 Å². The van der Waals surface area contributed by atoms with E-state index in [4.69, 9.17) is 11.6 Å². The van der Waals surface area contributed by atoms with E-state index in [1.165, 1.54) is 15.9 Å². The van der Waals surface area contributed by atoms with Gasteiger partial charge < -0.3 is 0 Å². The van der Waals surface area contributed by atoms with Crippen LogP contribution in [0.25, 0.3) is 0 Å². The summed E-state index contributed by atoms with van der Waals surface area (Å²) in [4.78, 5) is 4.52. The molecule has 0 spiro atoms. The smallest absolute Gasteiger partial charge is 0.0738 e. The van der Waals surface area contributed by atoms with Crippen LogP contribution in [0, 0.1) is 0 Å². The van der Waals surface area contributed by atoms with Gasteiger partial charge in [0.05, 0.1) is 5.69 Å². The fraction of sp³-hybridized carbons (Fsp3) is 0. The summed E-state index contributed by atoms with van der Waals surface area (Å²) >= 11 is 5.99. The van der Waals surface area contributed by atoms with Crippen molar-refractivity contribution < 1.29 is 0 Å². The second-order valence-electron chi connectivity index (χ2n) is 6.49. The molecule has 1 nitrogen and oxygen atoms in total. The summed E-state index contributed by atoms with van der Waals surface area (Å²) in [6.07, 6.45) is 0. The molecule has 0 bridgehead atoms. The molecule has 0 unspecified atom stereocenters. The summed E-state index contributed by atoms with van der Waals surface area (Å²) in [6.45, 7) is -2.18. The highest BCUT2D eigenvalue weighted by atomic mass is 35.5. The Bertz CT molecular complexity index is 1100. The number of hydrogen-bond acceptors (Lipinski definition) is 1. The minimum atomic E-state index is -2.18. The van der Waals surface area contributed by atoms with Crippen LogP contribution in [0.4, 0.5) is 5.69 Å².